The highest BCUT2D eigenvalue weighted by atomic mass is 35.5. The molecule has 0 unspecified atom stereocenters. The van der Waals surface area contributed by atoms with E-state index in [2.05, 4.69) is 23.3 Å². The Morgan fingerprint density at radius 3 is 2.58 bits per heavy atom. The molecule has 0 spiro atoms. The van der Waals surface area contributed by atoms with E-state index < -0.39 is 0 Å². The topological polar surface area (TPSA) is 65.8 Å². The van der Waals surface area contributed by atoms with Gasteiger partial charge in [0, 0.05) is 5.69 Å². The van der Waals surface area contributed by atoms with Crippen LogP contribution in [0.25, 0.3) is 0 Å². The molecule has 0 aliphatic carbocycles. The lowest BCUT2D eigenvalue weighted by molar-refractivity contribution is -0.113. The predicted octanol–water partition coefficient (Wildman–Crippen LogP) is 4.52. The quantitative estimate of drug-likeness (QED) is 0.797. The molecule has 0 radical (unpaired) electrons. The van der Waals surface area contributed by atoms with Gasteiger partial charge in [-0.3, -0.25) is 4.79 Å². The van der Waals surface area contributed by atoms with E-state index in [1.165, 1.54) is 17.3 Å². The highest BCUT2D eigenvalue weighted by Gasteiger charge is 2.15. The number of hydrogen-bond acceptors (Lipinski definition) is 4. The van der Waals surface area contributed by atoms with E-state index in [4.69, 9.17) is 11.6 Å². The highest BCUT2D eigenvalue weighted by molar-refractivity contribution is 8.00. The minimum absolute atomic E-state index is 0.139. The summed E-state index contributed by atoms with van der Waals surface area (Å²) in [6, 6.07) is 9.87. The molecule has 0 aliphatic heterocycles. The Balaban J connectivity index is 2.05. The molecule has 0 aliphatic rings. The van der Waals surface area contributed by atoms with Gasteiger partial charge in [0.1, 0.15) is 11.1 Å². The second-order valence-corrected chi connectivity index (χ2v) is 6.66. The van der Waals surface area contributed by atoms with Gasteiger partial charge < -0.3 is 5.32 Å². The van der Waals surface area contributed by atoms with Crippen molar-refractivity contribution in [1.82, 2.24) is 4.98 Å². The maximum Gasteiger partial charge on any atom is 0.234 e. The monoisotopic (exact) mass is 359 g/mol. The number of carbonyl (C=O) groups excluding carboxylic acids is 1. The van der Waals surface area contributed by atoms with Gasteiger partial charge in [-0.2, -0.15) is 5.26 Å². The summed E-state index contributed by atoms with van der Waals surface area (Å²) in [6.45, 7) is 5.66. The Morgan fingerprint density at radius 1 is 1.33 bits per heavy atom. The summed E-state index contributed by atoms with van der Waals surface area (Å²) in [5.41, 5.74) is 3.76. The number of halogens is 1. The molecule has 2 rings (SSSR count). The van der Waals surface area contributed by atoms with Crippen molar-refractivity contribution >= 4 is 35.0 Å². The van der Waals surface area contributed by atoms with Crippen molar-refractivity contribution in [1.29, 1.82) is 5.26 Å². The van der Waals surface area contributed by atoms with Crippen molar-refractivity contribution in [2.45, 2.75) is 32.2 Å². The summed E-state index contributed by atoms with van der Waals surface area (Å²) in [5.74, 6) is 0.0396. The average molecular weight is 360 g/mol. The fourth-order valence-corrected chi connectivity index (χ4v) is 3.21. The summed E-state index contributed by atoms with van der Waals surface area (Å²) in [7, 11) is 0. The van der Waals surface area contributed by atoms with Gasteiger partial charge >= 0.3 is 0 Å². The summed E-state index contributed by atoms with van der Waals surface area (Å²) in [5, 5.41) is 13.2. The summed E-state index contributed by atoms with van der Waals surface area (Å²) in [6.07, 6.45) is 0.960. The van der Waals surface area contributed by atoms with Crippen LogP contribution in [0, 0.1) is 25.2 Å². The number of aromatic nitrogens is 1. The van der Waals surface area contributed by atoms with E-state index >= 15 is 0 Å². The van der Waals surface area contributed by atoms with Gasteiger partial charge in [0.15, 0.2) is 0 Å². The first kappa shape index (κ1) is 18.3. The molecule has 1 amide bonds. The van der Waals surface area contributed by atoms with E-state index in [1.807, 2.05) is 24.3 Å². The molecule has 24 heavy (non-hydrogen) atoms. The number of anilines is 1. The van der Waals surface area contributed by atoms with E-state index in [0.717, 1.165) is 12.1 Å². The minimum atomic E-state index is -0.139. The number of nitrogens with zero attached hydrogens (tertiary/aromatic N) is 2. The van der Waals surface area contributed by atoms with Gasteiger partial charge in [0.25, 0.3) is 0 Å². The van der Waals surface area contributed by atoms with Gasteiger partial charge in [-0.25, -0.2) is 4.98 Å². The highest BCUT2D eigenvalue weighted by Crippen LogP contribution is 2.29. The lowest BCUT2D eigenvalue weighted by atomic mass is 10.1. The minimum Gasteiger partial charge on any atom is -0.325 e. The number of aryl methyl sites for hydroxylation is 2. The Kier molecular flexibility index (Phi) is 6.24. The van der Waals surface area contributed by atoms with Crippen molar-refractivity contribution in [3.8, 4) is 6.07 Å². The second-order valence-electron chi connectivity index (χ2n) is 5.32. The van der Waals surface area contributed by atoms with Crippen molar-refractivity contribution in [2.24, 2.45) is 0 Å². The SMILES string of the molecule is CCc1ccc(NC(=O)CSc2nc(C)c(Cl)c(C)c2C#N)cc1. The number of rotatable bonds is 5. The molecule has 1 aromatic heterocycles. The molecular weight excluding hydrogens is 342 g/mol. The third kappa shape index (κ3) is 4.28. The number of nitriles is 1. The van der Waals surface area contributed by atoms with Crippen LogP contribution in [0.3, 0.4) is 0 Å². The molecular formula is C18H18ClN3OS. The standard InChI is InChI=1S/C18H18ClN3OS/c1-4-13-5-7-14(8-6-13)22-16(23)10-24-18-15(9-20)11(2)17(19)12(3)21-18/h5-8H,4,10H2,1-3H3,(H,22,23). The molecule has 0 saturated carbocycles. The predicted molar refractivity (Wildman–Crippen MR) is 98.6 cm³/mol. The van der Waals surface area contributed by atoms with Crippen molar-refractivity contribution < 1.29 is 4.79 Å². The Hall–Kier alpha value is -2.03. The molecule has 6 heteroatoms. The lowest BCUT2D eigenvalue weighted by Gasteiger charge is -2.10. The first-order chi connectivity index (χ1) is 11.5. The number of carbonyl (C=O) groups is 1. The molecule has 0 bridgehead atoms. The Bertz CT molecular complexity index is 797. The van der Waals surface area contributed by atoms with Crippen LogP contribution in [-0.4, -0.2) is 16.6 Å². The van der Waals surface area contributed by atoms with Crippen LogP contribution in [0.5, 0.6) is 0 Å². The van der Waals surface area contributed by atoms with E-state index in [0.29, 0.717) is 26.9 Å². The summed E-state index contributed by atoms with van der Waals surface area (Å²) >= 11 is 7.37. The largest absolute Gasteiger partial charge is 0.325 e. The van der Waals surface area contributed by atoms with Crippen molar-refractivity contribution in [2.75, 3.05) is 11.1 Å². The number of nitrogens with one attached hydrogen (secondary N) is 1. The molecule has 1 aromatic carbocycles. The third-order valence-corrected chi connectivity index (χ3v) is 5.14. The maximum atomic E-state index is 12.1. The number of hydrogen-bond donors (Lipinski definition) is 1. The molecule has 2 aromatic rings. The zero-order chi connectivity index (χ0) is 17.7. The summed E-state index contributed by atoms with van der Waals surface area (Å²) in [4.78, 5) is 16.4. The van der Waals surface area contributed by atoms with Gasteiger partial charge in [0.05, 0.1) is 22.0 Å². The first-order valence-electron chi connectivity index (χ1n) is 7.54. The van der Waals surface area contributed by atoms with Gasteiger partial charge in [0.2, 0.25) is 5.91 Å². The Morgan fingerprint density at radius 2 is 2.00 bits per heavy atom. The zero-order valence-corrected chi connectivity index (χ0v) is 15.4. The number of benzene rings is 1. The maximum absolute atomic E-state index is 12.1. The lowest BCUT2D eigenvalue weighted by Crippen LogP contribution is -2.14. The normalized spacial score (nSPS) is 10.3. The van der Waals surface area contributed by atoms with E-state index in [-0.39, 0.29) is 11.7 Å². The average Bonchev–Trinajstić information content (AvgIpc) is 2.58. The van der Waals surface area contributed by atoms with E-state index in [9.17, 15) is 10.1 Å². The third-order valence-electron chi connectivity index (χ3n) is 3.60. The number of pyridine rings is 1. The van der Waals surface area contributed by atoms with Crippen LogP contribution in [0.4, 0.5) is 5.69 Å². The number of thioether (sulfide) groups is 1. The van der Waals surface area contributed by atoms with Crippen LogP contribution in [-0.2, 0) is 11.2 Å². The smallest absolute Gasteiger partial charge is 0.234 e. The Labute approximate surface area is 151 Å². The van der Waals surface area contributed by atoms with Crippen molar-refractivity contribution in [3.63, 3.8) is 0 Å². The van der Waals surface area contributed by atoms with Crippen LogP contribution < -0.4 is 5.32 Å². The molecule has 4 nitrogen and oxygen atoms in total. The fraction of sp³-hybridized carbons (Fsp3) is 0.278. The van der Waals surface area contributed by atoms with Crippen LogP contribution in [0.15, 0.2) is 29.3 Å². The van der Waals surface area contributed by atoms with Crippen molar-refractivity contribution in [3.05, 3.63) is 51.7 Å². The zero-order valence-electron chi connectivity index (χ0n) is 13.8. The van der Waals surface area contributed by atoms with Gasteiger partial charge in [-0.05, 0) is 43.5 Å². The van der Waals surface area contributed by atoms with Crippen LogP contribution in [0.1, 0.15) is 29.3 Å². The first-order valence-corrected chi connectivity index (χ1v) is 8.91. The molecule has 0 atom stereocenters. The molecule has 1 N–H and O–H groups in total. The second kappa shape index (κ2) is 8.18. The van der Waals surface area contributed by atoms with Crippen LogP contribution >= 0.6 is 23.4 Å². The molecule has 0 saturated heterocycles. The van der Waals surface area contributed by atoms with E-state index in [1.54, 1.807) is 13.8 Å². The van der Waals surface area contributed by atoms with Gasteiger partial charge in [-0.15, -0.1) is 0 Å². The van der Waals surface area contributed by atoms with Crippen LogP contribution in [0.2, 0.25) is 5.02 Å². The fourth-order valence-electron chi connectivity index (χ4n) is 2.19. The number of amides is 1. The molecule has 0 fully saturated rings. The molecule has 124 valence electrons. The molecule has 1 heterocycles. The van der Waals surface area contributed by atoms with Gasteiger partial charge in [-0.1, -0.05) is 42.4 Å². The summed E-state index contributed by atoms with van der Waals surface area (Å²) < 4.78 is 0.